The highest BCUT2D eigenvalue weighted by atomic mass is 32.2. The van der Waals surface area contributed by atoms with E-state index in [-0.39, 0.29) is 21.2 Å². The van der Waals surface area contributed by atoms with E-state index < -0.39 is 9.84 Å². The van der Waals surface area contributed by atoms with Gasteiger partial charge < -0.3 is 20.4 Å². The molecule has 0 atom stereocenters. The van der Waals surface area contributed by atoms with Crippen molar-refractivity contribution in [1.29, 1.82) is 0 Å². The summed E-state index contributed by atoms with van der Waals surface area (Å²) in [7, 11) is -3.81. The number of sulfone groups is 1. The maximum absolute atomic E-state index is 13.2. The molecular weight excluding hydrogens is 390 g/mol. The normalized spacial score (nSPS) is 19.2. The predicted octanol–water partition coefficient (Wildman–Crippen LogP) is 2.52. The van der Waals surface area contributed by atoms with Crippen molar-refractivity contribution >= 4 is 32.5 Å². The Kier molecular flexibility index (Phi) is 4.25. The molecule has 0 radical (unpaired) electrons. The number of morpholine rings is 1. The zero-order valence-electron chi connectivity index (χ0n) is 16.0. The molecule has 8 nitrogen and oxygen atoms in total. The molecule has 0 unspecified atom stereocenters. The van der Waals surface area contributed by atoms with Gasteiger partial charge in [0, 0.05) is 13.1 Å². The fraction of sp³-hybridized carbons (Fsp3) is 0.400. The van der Waals surface area contributed by atoms with Crippen LogP contribution in [0.4, 0.5) is 11.6 Å². The smallest absolute Gasteiger partial charge is 0.212 e. The number of aromatic nitrogens is 3. The Labute approximate surface area is 169 Å². The van der Waals surface area contributed by atoms with Gasteiger partial charge in [-0.05, 0) is 25.0 Å². The molecule has 1 saturated carbocycles. The lowest BCUT2D eigenvalue weighted by atomic mass is 10.00. The standard InChI is InChI=1S/C20H23N5O3S/c21-18-17(29(26,27)14-6-2-1-3-7-14)15-16(24-18)19(23-13-22-15)25-10-11-28-20(12-25)8-4-5-9-20/h1-3,6-7,13,24H,4-5,8-12,21H2. The van der Waals surface area contributed by atoms with E-state index in [1.807, 2.05) is 0 Å². The number of aromatic amines is 1. The SMILES string of the molecule is Nc1[nH]c2c(N3CCOC4(CCCC4)C3)ncnc2c1S(=O)(=O)c1ccccc1. The minimum absolute atomic E-state index is 0.00573. The molecule has 2 aromatic heterocycles. The lowest BCUT2D eigenvalue weighted by Crippen LogP contribution is -2.50. The molecular formula is C20H23N5O3S. The number of nitrogens with zero attached hydrogens (tertiary/aromatic N) is 3. The number of fused-ring (bicyclic) bond motifs is 1. The number of rotatable bonds is 3. The zero-order chi connectivity index (χ0) is 20.1. The highest BCUT2D eigenvalue weighted by Crippen LogP contribution is 2.39. The molecule has 1 saturated heterocycles. The maximum Gasteiger partial charge on any atom is 0.212 e. The number of ether oxygens (including phenoxy) is 1. The summed E-state index contributed by atoms with van der Waals surface area (Å²) in [5.74, 6) is 0.750. The maximum atomic E-state index is 13.2. The van der Waals surface area contributed by atoms with Crippen molar-refractivity contribution in [2.75, 3.05) is 30.3 Å². The number of benzene rings is 1. The predicted molar refractivity (Wildman–Crippen MR) is 110 cm³/mol. The summed E-state index contributed by atoms with van der Waals surface area (Å²) in [6, 6.07) is 8.26. The van der Waals surface area contributed by atoms with E-state index in [0.29, 0.717) is 30.0 Å². The van der Waals surface area contributed by atoms with Crippen molar-refractivity contribution in [2.45, 2.75) is 41.1 Å². The Morgan fingerprint density at radius 1 is 1.14 bits per heavy atom. The number of H-pyrrole nitrogens is 1. The minimum atomic E-state index is -3.81. The van der Waals surface area contributed by atoms with Gasteiger partial charge in [-0.2, -0.15) is 0 Å². The third kappa shape index (κ3) is 2.96. The average Bonchev–Trinajstić information content (AvgIpc) is 3.32. The van der Waals surface area contributed by atoms with Crippen LogP contribution in [0.2, 0.25) is 0 Å². The monoisotopic (exact) mass is 413 g/mol. The Morgan fingerprint density at radius 3 is 2.66 bits per heavy atom. The molecule has 5 rings (SSSR count). The van der Waals surface area contributed by atoms with Crippen LogP contribution in [0.15, 0.2) is 46.5 Å². The van der Waals surface area contributed by atoms with Gasteiger partial charge in [-0.1, -0.05) is 31.0 Å². The van der Waals surface area contributed by atoms with Crippen LogP contribution in [0.25, 0.3) is 11.0 Å². The van der Waals surface area contributed by atoms with Gasteiger partial charge in [0.2, 0.25) is 9.84 Å². The molecule has 9 heteroatoms. The summed E-state index contributed by atoms with van der Waals surface area (Å²) < 4.78 is 32.6. The van der Waals surface area contributed by atoms with E-state index in [2.05, 4.69) is 19.9 Å². The fourth-order valence-corrected chi connectivity index (χ4v) is 6.06. The Morgan fingerprint density at radius 2 is 1.90 bits per heavy atom. The molecule has 1 spiro atoms. The molecule has 3 aromatic rings. The summed E-state index contributed by atoms with van der Waals surface area (Å²) >= 11 is 0. The van der Waals surface area contributed by atoms with Gasteiger partial charge in [-0.3, -0.25) is 0 Å². The Hall–Kier alpha value is -2.65. The van der Waals surface area contributed by atoms with Crippen LogP contribution < -0.4 is 10.6 Å². The van der Waals surface area contributed by atoms with Gasteiger partial charge in [0.1, 0.15) is 28.1 Å². The number of nitrogens with two attached hydrogens (primary N) is 1. The van der Waals surface area contributed by atoms with Crippen LogP contribution in [0.5, 0.6) is 0 Å². The number of hydrogen-bond donors (Lipinski definition) is 2. The summed E-state index contributed by atoms with van der Waals surface area (Å²) in [4.78, 5) is 14.1. The van der Waals surface area contributed by atoms with Crippen molar-refractivity contribution in [3.63, 3.8) is 0 Å². The molecule has 3 N–H and O–H groups in total. The number of nitrogen functional groups attached to an aromatic ring is 1. The van der Waals surface area contributed by atoms with Crippen molar-refractivity contribution in [2.24, 2.45) is 0 Å². The highest BCUT2D eigenvalue weighted by Gasteiger charge is 2.40. The number of anilines is 2. The van der Waals surface area contributed by atoms with Gasteiger partial charge in [-0.15, -0.1) is 0 Å². The summed E-state index contributed by atoms with van der Waals surface area (Å²) in [5, 5.41) is 0. The lowest BCUT2D eigenvalue weighted by molar-refractivity contribution is -0.0502. The second-order valence-corrected chi connectivity index (χ2v) is 9.65. The Balaban J connectivity index is 1.61. The average molecular weight is 414 g/mol. The van der Waals surface area contributed by atoms with Gasteiger partial charge in [0.15, 0.2) is 5.82 Å². The zero-order valence-corrected chi connectivity index (χ0v) is 16.8. The molecule has 1 aromatic carbocycles. The van der Waals surface area contributed by atoms with Crippen LogP contribution in [-0.2, 0) is 14.6 Å². The molecule has 1 aliphatic carbocycles. The third-order valence-corrected chi connectivity index (χ3v) is 7.78. The summed E-state index contributed by atoms with van der Waals surface area (Å²) in [6.07, 6.45) is 5.83. The highest BCUT2D eigenvalue weighted by molar-refractivity contribution is 7.92. The van der Waals surface area contributed by atoms with Gasteiger partial charge >= 0.3 is 0 Å². The van der Waals surface area contributed by atoms with Crippen molar-refractivity contribution in [1.82, 2.24) is 15.0 Å². The topological polar surface area (TPSA) is 114 Å². The molecule has 1 aliphatic heterocycles. The van der Waals surface area contributed by atoms with Gasteiger partial charge in [0.25, 0.3) is 0 Å². The van der Waals surface area contributed by atoms with E-state index in [9.17, 15) is 8.42 Å². The number of hydrogen-bond acceptors (Lipinski definition) is 7. The van der Waals surface area contributed by atoms with Crippen LogP contribution in [0.1, 0.15) is 25.7 Å². The molecule has 0 amide bonds. The first-order valence-electron chi connectivity index (χ1n) is 9.81. The molecule has 3 heterocycles. The second-order valence-electron chi connectivity index (χ2n) is 7.77. The van der Waals surface area contributed by atoms with Crippen molar-refractivity contribution < 1.29 is 13.2 Å². The first-order valence-corrected chi connectivity index (χ1v) is 11.3. The van der Waals surface area contributed by atoms with Crippen LogP contribution in [0, 0.1) is 0 Å². The third-order valence-electron chi connectivity index (χ3n) is 5.93. The summed E-state index contributed by atoms with van der Waals surface area (Å²) in [6.45, 7) is 2.04. The van der Waals surface area contributed by atoms with Gasteiger partial charge in [0.05, 0.1) is 17.1 Å². The first kappa shape index (κ1) is 18.4. The van der Waals surface area contributed by atoms with Crippen LogP contribution in [-0.4, -0.2) is 48.7 Å². The van der Waals surface area contributed by atoms with Crippen molar-refractivity contribution in [3.05, 3.63) is 36.7 Å². The van der Waals surface area contributed by atoms with Gasteiger partial charge in [-0.25, -0.2) is 18.4 Å². The molecule has 2 fully saturated rings. The largest absolute Gasteiger partial charge is 0.384 e. The lowest BCUT2D eigenvalue weighted by Gasteiger charge is -2.41. The molecule has 29 heavy (non-hydrogen) atoms. The van der Waals surface area contributed by atoms with E-state index in [1.165, 1.54) is 19.2 Å². The Bertz CT molecular complexity index is 1150. The number of nitrogens with one attached hydrogen (secondary N) is 1. The quantitative estimate of drug-likeness (QED) is 0.678. The molecule has 152 valence electrons. The van der Waals surface area contributed by atoms with E-state index >= 15 is 0 Å². The molecule has 2 aliphatic rings. The minimum Gasteiger partial charge on any atom is -0.384 e. The second kappa shape index (κ2) is 6.70. The first-order chi connectivity index (χ1) is 14.0. The summed E-state index contributed by atoms with van der Waals surface area (Å²) in [5.41, 5.74) is 6.89. The van der Waals surface area contributed by atoms with Crippen molar-refractivity contribution in [3.8, 4) is 0 Å². The van der Waals surface area contributed by atoms with E-state index in [4.69, 9.17) is 10.5 Å². The van der Waals surface area contributed by atoms with E-state index in [0.717, 1.165) is 19.4 Å². The van der Waals surface area contributed by atoms with E-state index in [1.54, 1.807) is 30.3 Å². The van der Waals surface area contributed by atoms with Crippen LogP contribution in [0.3, 0.4) is 0 Å². The van der Waals surface area contributed by atoms with Crippen LogP contribution >= 0.6 is 0 Å². The fourth-order valence-electron chi connectivity index (χ4n) is 4.56. The molecule has 0 bridgehead atoms.